The van der Waals surface area contributed by atoms with E-state index in [-0.39, 0.29) is 0 Å². The van der Waals surface area contributed by atoms with Crippen molar-refractivity contribution in [2.75, 3.05) is 0 Å². The monoisotopic (exact) mass is 148 g/mol. The van der Waals surface area contributed by atoms with E-state index in [0.717, 1.165) is 5.92 Å². The first kappa shape index (κ1) is 6.71. The molecule has 1 heteroatoms. The average molecular weight is 148 g/mol. The molecule has 1 aromatic carbocycles. The largest absolute Gasteiger partial charge is 0.508 e. The minimum absolute atomic E-state index is 0.390. The summed E-state index contributed by atoms with van der Waals surface area (Å²) in [6.07, 6.45) is 1.28. The Morgan fingerprint density at radius 2 is 2.18 bits per heavy atom. The summed E-state index contributed by atoms with van der Waals surface area (Å²) in [6, 6.07) is 7.59. The van der Waals surface area contributed by atoms with Crippen LogP contribution >= 0.6 is 0 Å². The van der Waals surface area contributed by atoms with Gasteiger partial charge in [-0.05, 0) is 36.0 Å². The van der Waals surface area contributed by atoms with E-state index in [0.29, 0.717) is 11.7 Å². The molecule has 1 N–H and O–H groups in total. The van der Waals surface area contributed by atoms with E-state index in [4.69, 9.17) is 0 Å². The van der Waals surface area contributed by atoms with E-state index in [1.807, 2.05) is 12.1 Å². The average Bonchev–Trinajstić information content (AvgIpc) is 2.67. The molecule has 1 aromatic rings. The molecule has 1 saturated carbocycles. The Hall–Kier alpha value is -0.980. The maximum absolute atomic E-state index is 9.18. The number of hydrogen-bond donors (Lipinski definition) is 1. The third-order valence-electron chi connectivity index (χ3n) is 2.41. The summed E-state index contributed by atoms with van der Waals surface area (Å²) >= 11 is 0. The molecule has 0 aromatic heterocycles. The minimum Gasteiger partial charge on any atom is -0.508 e. The molecule has 0 heterocycles. The fraction of sp³-hybridized carbons (Fsp3) is 0.400. The zero-order valence-electron chi connectivity index (χ0n) is 6.62. The van der Waals surface area contributed by atoms with Crippen LogP contribution in [0.1, 0.15) is 24.8 Å². The molecule has 11 heavy (non-hydrogen) atoms. The second-order valence-corrected chi connectivity index (χ2v) is 3.41. The summed E-state index contributed by atoms with van der Waals surface area (Å²) < 4.78 is 0. The Morgan fingerprint density at radius 1 is 1.45 bits per heavy atom. The molecular formula is C10H12O. The molecule has 1 nitrogen and oxygen atoms in total. The number of hydrogen-bond acceptors (Lipinski definition) is 1. The first-order chi connectivity index (χ1) is 5.27. The lowest BCUT2D eigenvalue weighted by atomic mass is 10.1. The van der Waals surface area contributed by atoms with Gasteiger partial charge in [-0.3, -0.25) is 0 Å². The Morgan fingerprint density at radius 3 is 2.73 bits per heavy atom. The molecule has 1 aliphatic rings. The molecule has 0 saturated heterocycles. The van der Waals surface area contributed by atoms with Crippen LogP contribution < -0.4 is 0 Å². The highest BCUT2D eigenvalue weighted by molar-refractivity contribution is 5.32. The Kier molecular flexibility index (Phi) is 1.38. The normalized spacial score (nSPS) is 28.5. The van der Waals surface area contributed by atoms with Crippen LogP contribution in [0.4, 0.5) is 0 Å². The van der Waals surface area contributed by atoms with E-state index in [1.165, 1.54) is 12.0 Å². The lowest BCUT2D eigenvalue weighted by molar-refractivity contribution is 0.474. The van der Waals surface area contributed by atoms with Crippen molar-refractivity contribution in [3.63, 3.8) is 0 Å². The van der Waals surface area contributed by atoms with Gasteiger partial charge in [-0.1, -0.05) is 19.1 Å². The molecule has 1 fully saturated rings. The van der Waals surface area contributed by atoms with E-state index in [9.17, 15) is 5.11 Å². The van der Waals surface area contributed by atoms with E-state index >= 15 is 0 Å². The van der Waals surface area contributed by atoms with Crippen molar-refractivity contribution in [2.24, 2.45) is 5.92 Å². The number of phenols is 1. The summed E-state index contributed by atoms with van der Waals surface area (Å²) in [4.78, 5) is 0. The minimum atomic E-state index is 0.390. The summed E-state index contributed by atoms with van der Waals surface area (Å²) in [6.45, 7) is 2.24. The first-order valence-electron chi connectivity index (χ1n) is 4.06. The van der Waals surface area contributed by atoms with Gasteiger partial charge in [0, 0.05) is 0 Å². The molecule has 58 valence electrons. The number of benzene rings is 1. The Labute approximate surface area is 66.7 Å². The van der Waals surface area contributed by atoms with Gasteiger partial charge < -0.3 is 5.11 Å². The molecule has 2 atom stereocenters. The van der Waals surface area contributed by atoms with Gasteiger partial charge in [0.25, 0.3) is 0 Å². The quantitative estimate of drug-likeness (QED) is 0.648. The molecule has 2 rings (SSSR count). The molecule has 0 radical (unpaired) electrons. The van der Waals surface area contributed by atoms with Crippen molar-refractivity contribution in [1.29, 1.82) is 0 Å². The summed E-state index contributed by atoms with van der Waals surface area (Å²) in [7, 11) is 0. The second-order valence-electron chi connectivity index (χ2n) is 3.41. The van der Waals surface area contributed by atoms with Crippen molar-refractivity contribution < 1.29 is 5.11 Å². The second kappa shape index (κ2) is 2.26. The molecule has 0 unspecified atom stereocenters. The molecule has 1 aliphatic carbocycles. The van der Waals surface area contributed by atoms with Gasteiger partial charge in [-0.25, -0.2) is 0 Å². The van der Waals surface area contributed by atoms with E-state index < -0.39 is 0 Å². The fourth-order valence-electron chi connectivity index (χ4n) is 1.54. The highest BCUT2D eigenvalue weighted by Gasteiger charge is 2.33. The van der Waals surface area contributed by atoms with Crippen LogP contribution in [0.25, 0.3) is 0 Å². The van der Waals surface area contributed by atoms with Gasteiger partial charge in [0.15, 0.2) is 0 Å². The summed E-state index contributed by atoms with van der Waals surface area (Å²) in [5.41, 5.74) is 1.29. The van der Waals surface area contributed by atoms with Crippen molar-refractivity contribution in [3.8, 4) is 5.75 Å². The van der Waals surface area contributed by atoms with Gasteiger partial charge in [-0.2, -0.15) is 0 Å². The first-order valence-corrected chi connectivity index (χ1v) is 4.06. The number of rotatable bonds is 1. The third-order valence-corrected chi connectivity index (χ3v) is 2.41. The molecule has 0 aliphatic heterocycles. The van der Waals surface area contributed by atoms with Gasteiger partial charge in [0.05, 0.1) is 0 Å². The lowest BCUT2D eigenvalue weighted by Gasteiger charge is -1.97. The maximum Gasteiger partial charge on any atom is 0.115 e. The molecular weight excluding hydrogens is 136 g/mol. The standard InChI is InChI=1S/C10H12O/c1-7-5-10(7)8-3-2-4-9(11)6-8/h2-4,6-7,10-11H,5H2,1H3/t7-,10-/m1/s1. The SMILES string of the molecule is C[C@@H]1C[C@H]1c1cccc(O)c1. The number of phenolic OH excluding ortho intramolecular Hbond substituents is 1. The van der Waals surface area contributed by atoms with E-state index in [2.05, 4.69) is 13.0 Å². The highest BCUT2D eigenvalue weighted by Crippen LogP contribution is 2.47. The van der Waals surface area contributed by atoms with Gasteiger partial charge in [0.1, 0.15) is 5.75 Å². The summed E-state index contributed by atoms with van der Waals surface area (Å²) in [5.74, 6) is 1.92. The van der Waals surface area contributed by atoms with Crippen LogP contribution in [0, 0.1) is 5.92 Å². The van der Waals surface area contributed by atoms with Crippen molar-refractivity contribution >= 4 is 0 Å². The van der Waals surface area contributed by atoms with Gasteiger partial charge >= 0.3 is 0 Å². The fourth-order valence-corrected chi connectivity index (χ4v) is 1.54. The molecule has 0 amide bonds. The zero-order chi connectivity index (χ0) is 7.84. The van der Waals surface area contributed by atoms with E-state index in [1.54, 1.807) is 6.07 Å². The predicted molar refractivity (Wildman–Crippen MR) is 44.6 cm³/mol. The highest BCUT2D eigenvalue weighted by atomic mass is 16.3. The zero-order valence-corrected chi connectivity index (χ0v) is 6.62. The third kappa shape index (κ3) is 1.23. The van der Waals surface area contributed by atoms with Crippen molar-refractivity contribution in [2.45, 2.75) is 19.3 Å². The number of aromatic hydroxyl groups is 1. The smallest absolute Gasteiger partial charge is 0.115 e. The Balaban J connectivity index is 2.25. The van der Waals surface area contributed by atoms with Crippen LogP contribution in [-0.2, 0) is 0 Å². The van der Waals surface area contributed by atoms with Gasteiger partial charge in [-0.15, -0.1) is 0 Å². The predicted octanol–water partition coefficient (Wildman–Crippen LogP) is 2.52. The maximum atomic E-state index is 9.18. The van der Waals surface area contributed by atoms with Crippen molar-refractivity contribution in [1.82, 2.24) is 0 Å². The van der Waals surface area contributed by atoms with Crippen LogP contribution in [0.2, 0.25) is 0 Å². The van der Waals surface area contributed by atoms with Crippen molar-refractivity contribution in [3.05, 3.63) is 29.8 Å². The summed E-state index contributed by atoms with van der Waals surface area (Å²) in [5, 5.41) is 9.18. The molecule has 0 spiro atoms. The topological polar surface area (TPSA) is 20.2 Å². The van der Waals surface area contributed by atoms with Crippen LogP contribution in [0.15, 0.2) is 24.3 Å². The Bertz CT molecular complexity index is 267. The van der Waals surface area contributed by atoms with Crippen LogP contribution in [-0.4, -0.2) is 5.11 Å². The van der Waals surface area contributed by atoms with Crippen LogP contribution in [0.3, 0.4) is 0 Å². The lowest BCUT2D eigenvalue weighted by Crippen LogP contribution is -1.79. The molecule has 0 bridgehead atoms. The van der Waals surface area contributed by atoms with Gasteiger partial charge in [0.2, 0.25) is 0 Å². The van der Waals surface area contributed by atoms with Crippen LogP contribution in [0.5, 0.6) is 5.75 Å².